The third kappa shape index (κ3) is 5.59. The van der Waals surface area contributed by atoms with Crippen molar-refractivity contribution in [2.24, 2.45) is 11.1 Å². The normalized spacial score (nSPS) is 17.6. The van der Waals surface area contributed by atoms with E-state index >= 15 is 0 Å². The molecular formula is C21H30ClN7O2. The van der Waals surface area contributed by atoms with Crippen LogP contribution in [0.2, 0.25) is 5.02 Å². The maximum absolute atomic E-state index is 13.4. The first-order valence-corrected chi connectivity index (χ1v) is 10.8. The Kier molecular flexibility index (Phi) is 6.96. The standard InChI is InChI=1S/C21H30ClN7O2/c1-14-6-5-9-27(14)20(31)28(19(30)17(23)11-21(2,3)4)12-15-10-16(22)7-8-18(15)29-13-24-25-26-29/h7-8,10,13-14,17H,5-6,9,11-12,23H2,1-4H3/t14-,17-/m1/s1. The van der Waals surface area contributed by atoms with Gasteiger partial charge in [-0.15, -0.1) is 5.10 Å². The van der Waals surface area contributed by atoms with Crippen molar-refractivity contribution in [1.82, 2.24) is 30.0 Å². The molecule has 2 atom stereocenters. The minimum atomic E-state index is -0.794. The average Bonchev–Trinajstić information content (AvgIpc) is 3.35. The van der Waals surface area contributed by atoms with Gasteiger partial charge in [0.15, 0.2) is 0 Å². The van der Waals surface area contributed by atoms with Gasteiger partial charge in [0.25, 0.3) is 0 Å². The lowest BCUT2D eigenvalue weighted by Gasteiger charge is -2.32. The summed E-state index contributed by atoms with van der Waals surface area (Å²) in [5.41, 5.74) is 7.40. The van der Waals surface area contributed by atoms with Crippen LogP contribution in [-0.2, 0) is 11.3 Å². The fraction of sp³-hybridized carbons (Fsp3) is 0.571. The molecule has 2 N–H and O–H groups in total. The number of halogens is 1. The van der Waals surface area contributed by atoms with Gasteiger partial charge in [0.2, 0.25) is 5.91 Å². The SMILES string of the molecule is C[C@@H]1CCCN1C(=O)N(Cc1cc(Cl)ccc1-n1cnnn1)C(=O)[C@H](N)CC(C)(C)C. The minimum absolute atomic E-state index is 0.0223. The van der Waals surface area contributed by atoms with Crippen LogP contribution in [0.3, 0.4) is 0 Å². The number of amides is 3. The van der Waals surface area contributed by atoms with E-state index in [2.05, 4.69) is 15.5 Å². The van der Waals surface area contributed by atoms with Crippen molar-refractivity contribution in [3.8, 4) is 5.69 Å². The Labute approximate surface area is 187 Å². The summed E-state index contributed by atoms with van der Waals surface area (Å²) in [7, 11) is 0. The van der Waals surface area contributed by atoms with Crippen LogP contribution in [0.15, 0.2) is 24.5 Å². The smallest absolute Gasteiger partial charge is 0.322 e. The van der Waals surface area contributed by atoms with Gasteiger partial charge in [-0.2, -0.15) is 0 Å². The second kappa shape index (κ2) is 9.32. The molecule has 3 rings (SSSR count). The van der Waals surface area contributed by atoms with E-state index in [4.69, 9.17) is 17.3 Å². The fourth-order valence-electron chi connectivity index (χ4n) is 3.91. The van der Waals surface area contributed by atoms with Crippen molar-refractivity contribution in [3.63, 3.8) is 0 Å². The molecule has 1 aliphatic heterocycles. The molecule has 2 heterocycles. The zero-order valence-corrected chi connectivity index (χ0v) is 19.2. The Bertz CT molecular complexity index is 926. The molecule has 9 nitrogen and oxygen atoms in total. The van der Waals surface area contributed by atoms with Crippen LogP contribution in [-0.4, -0.2) is 60.6 Å². The number of urea groups is 1. The quantitative estimate of drug-likeness (QED) is 0.754. The van der Waals surface area contributed by atoms with Crippen LogP contribution in [0.5, 0.6) is 0 Å². The summed E-state index contributed by atoms with van der Waals surface area (Å²) in [6, 6.07) is 4.13. The molecule has 0 spiro atoms. The van der Waals surface area contributed by atoms with Crippen molar-refractivity contribution < 1.29 is 9.59 Å². The average molecular weight is 448 g/mol. The van der Waals surface area contributed by atoms with Gasteiger partial charge in [-0.05, 0) is 65.8 Å². The van der Waals surface area contributed by atoms with Crippen LogP contribution in [0.4, 0.5) is 4.79 Å². The zero-order valence-electron chi connectivity index (χ0n) is 18.5. The highest BCUT2D eigenvalue weighted by molar-refractivity contribution is 6.30. The second-order valence-corrected chi connectivity index (χ2v) is 9.73. The lowest BCUT2D eigenvalue weighted by Crippen LogP contribution is -2.52. The predicted octanol–water partition coefficient (Wildman–Crippen LogP) is 3.01. The highest BCUT2D eigenvalue weighted by Crippen LogP contribution is 2.26. The van der Waals surface area contributed by atoms with Gasteiger partial charge in [0.05, 0.1) is 18.3 Å². The molecular weight excluding hydrogens is 418 g/mol. The Morgan fingerprint density at radius 1 is 1.35 bits per heavy atom. The topological polar surface area (TPSA) is 110 Å². The monoisotopic (exact) mass is 447 g/mol. The molecule has 1 aromatic heterocycles. The number of likely N-dealkylation sites (tertiary alicyclic amines) is 1. The summed E-state index contributed by atoms with van der Waals surface area (Å²) in [4.78, 5) is 29.8. The Morgan fingerprint density at radius 2 is 2.10 bits per heavy atom. The van der Waals surface area contributed by atoms with Crippen molar-refractivity contribution in [3.05, 3.63) is 35.1 Å². The first kappa shape index (κ1) is 23.1. The van der Waals surface area contributed by atoms with Crippen molar-refractivity contribution >= 4 is 23.5 Å². The van der Waals surface area contributed by atoms with Crippen molar-refractivity contribution in [2.45, 2.75) is 65.6 Å². The number of hydrogen-bond acceptors (Lipinski definition) is 6. The van der Waals surface area contributed by atoms with Gasteiger partial charge in [0, 0.05) is 17.6 Å². The van der Waals surface area contributed by atoms with Gasteiger partial charge >= 0.3 is 6.03 Å². The van der Waals surface area contributed by atoms with E-state index in [0.717, 1.165) is 12.8 Å². The number of benzene rings is 1. The first-order valence-electron chi connectivity index (χ1n) is 10.5. The van der Waals surface area contributed by atoms with E-state index in [-0.39, 0.29) is 24.0 Å². The summed E-state index contributed by atoms with van der Waals surface area (Å²) in [5, 5.41) is 11.8. The zero-order chi connectivity index (χ0) is 22.8. The van der Waals surface area contributed by atoms with Gasteiger partial charge in [-0.3, -0.25) is 9.69 Å². The second-order valence-electron chi connectivity index (χ2n) is 9.29. The van der Waals surface area contributed by atoms with E-state index < -0.39 is 11.9 Å². The number of imide groups is 1. The molecule has 0 unspecified atom stereocenters. The van der Waals surface area contributed by atoms with Crippen LogP contribution in [0.25, 0.3) is 5.69 Å². The van der Waals surface area contributed by atoms with E-state index in [1.165, 1.54) is 15.9 Å². The largest absolute Gasteiger partial charge is 0.327 e. The number of nitrogens with zero attached hydrogens (tertiary/aromatic N) is 6. The van der Waals surface area contributed by atoms with Crippen LogP contribution in [0, 0.1) is 5.41 Å². The maximum Gasteiger partial charge on any atom is 0.327 e. The number of hydrogen-bond donors (Lipinski definition) is 1. The molecule has 1 saturated heterocycles. The molecule has 10 heteroatoms. The molecule has 0 aliphatic carbocycles. The van der Waals surface area contributed by atoms with E-state index in [0.29, 0.717) is 29.2 Å². The van der Waals surface area contributed by atoms with Gasteiger partial charge in [0.1, 0.15) is 6.33 Å². The number of rotatable bonds is 5. The Balaban J connectivity index is 1.96. The third-order valence-electron chi connectivity index (χ3n) is 5.41. The molecule has 3 amide bonds. The van der Waals surface area contributed by atoms with Gasteiger partial charge in [-0.25, -0.2) is 9.48 Å². The summed E-state index contributed by atoms with van der Waals surface area (Å²) >= 11 is 6.24. The van der Waals surface area contributed by atoms with Crippen LogP contribution in [0.1, 0.15) is 52.5 Å². The van der Waals surface area contributed by atoms with E-state index in [1.807, 2.05) is 27.7 Å². The molecule has 0 radical (unpaired) electrons. The minimum Gasteiger partial charge on any atom is -0.322 e. The van der Waals surface area contributed by atoms with Crippen molar-refractivity contribution in [1.29, 1.82) is 0 Å². The summed E-state index contributed by atoms with van der Waals surface area (Å²) in [6.45, 7) is 8.68. The summed E-state index contributed by atoms with van der Waals surface area (Å²) in [5.74, 6) is -0.401. The maximum atomic E-state index is 13.4. The van der Waals surface area contributed by atoms with E-state index in [1.54, 1.807) is 23.1 Å². The Morgan fingerprint density at radius 3 is 2.68 bits per heavy atom. The molecule has 1 aliphatic rings. The van der Waals surface area contributed by atoms with Crippen molar-refractivity contribution in [2.75, 3.05) is 6.54 Å². The van der Waals surface area contributed by atoms with Gasteiger partial charge in [-0.1, -0.05) is 32.4 Å². The number of tetrazole rings is 1. The molecule has 0 saturated carbocycles. The Hall–Kier alpha value is -2.52. The predicted molar refractivity (Wildman–Crippen MR) is 118 cm³/mol. The molecule has 1 aromatic carbocycles. The highest BCUT2D eigenvalue weighted by atomic mass is 35.5. The summed E-state index contributed by atoms with van der Waals surface area (Å²) < 4.78 is 1.48. The third-order valence-corrected chi connectivity index (χ3v) is 5.65. The number of carbonyl (C=O) groups excluding carboxylic acids is 2. The lowest BCUT2D eigenvalue weighted by molar-refractivity contribution is -0.131. The highest BCUT2D eigenvalue weighted by Gasteiger charge is 2.35. The lowest BCUT2D eigenvalue weighted by atomic mass is 9.88. The van der Waals surface area contributed by atoms with E-state index in [9.17, 15) is 9.59 Å². The first-order chi connectivity index (χ1) is 14.6. The summed E-state index contributed by atoms with van der Waals surface area (Å²) in [6.07, 6.45) is 3.74. The fourth-order valence-corrected chi connectivity index (χ4v) is 4.10. The molecule has 0 bridgehead atoms. The molecule has 168 valence electrons. The van der Waals surface area contributed by atoms with Crippen LogP contribution < -0.4 is 5.73 Å². The molecule has 31 heavy (non-hydrogen) atoms. The number of aromatic nitrogens is 4. The molecule has 1 fully saturated rings. The number of nitrogens with two attached hydrogens (primary N) is 1. The van der Waals surface area contributed by atoms with Crippen LogP contribution >= 0.6 is 11.6 Å². The number of carbonyl (C=O) groups is 2. The van der Waals surface area contributed by atoms with Gasteiger partial charge < -0.3 is 10.6 Å². The molecule has 2 aromatic rings.